The van der Waals surface area contributed by atoms with Gasteiger partial charge < -0.3 is 4.98 Å². The van der Waals surface area contributed by atoms with Crippen LogP contribution < -0.4 is 0 Å². The maximum Gasteiger partial charge on any atom is 0.000496 e. The molecule has 0 fully saturated rings. The first kappa shape index (κ1) is 6.02. The molecule has 37 valence electrons. The third-order valence-corrected chi connectivity index (χ3v) is 0.496. The van der Waals surface area contributed by atoms with E-state index in [1.807, 2.05) is 24.5 Å². The van der Waals surface area contributed by atoms with Gasteiger partial charge in [0.2, 0.25) is 0 Å². The van der Waals surface area contributed by atoms with Crippen molar-refractivity contribution in [1.29, 1.82) is 0 Å². The van der Waals surface area contributed by atoms with E-state index < -0.39 is 0 Å². The van der Waals surface area contributed by atoms with Gasteiger partial charge in [0, 0.05) is 34.8 Å². The van der Waals surface area contributed by atoms with Crippen molar-refractivity contribution in [3.8, 4) is 0 Å². The minimum atomic E-state index is 0. The van der Waals surface area contributed by atoms with E-state index in [1.165, 1.54) is 0 Å². The molecule has 0 atom stereocenters. The minimum Gasteiger partial charge on any atom is -0.368 e. The molecule has 0 saturated carbocycles. The molecule has 0 bridgehead atoms. The molecular formula is C4H5AuN. The molecule has 0 amide bonds. The summed E-state index contributed by atoms with van der Waals surface area (Å²) in [5, 5.41) is 0. The SMILES string of the molecule is [Au].c1cc[nH]c1. The third-order valence-electron chi connectivity index (χ3n) is 0.496. The summed E-state index contributed by atoms with van der Waals surface area (Å²) >= 11 is 0. The standard InChI is InChI=1S/C4H5N.Au/c1-2-4-5-3-1;/h1-5H;. The molecule has 0 aliphatic rings. The van der Waals surface area contributed by atoms with Crippen LogP contribution in [0.25, 0.3) is 0 Å². The van der Waals surface area contributed by atoms with Crippen LogP contribution in [0.2, 0.25) is 0 Å². The van der Waals surface area contributed by atoms with Crippen molar-refractivity contribution in [3.63, 3.8) is 0 Å². The fourth-order valence-corrected chi connectivity index (χ4v) is 0.278. The van der Waals surface area contributed by atoms with Gasteiger partial charge in [0.05, 0.1) is 0 Å². The van der Waals surface area contributed by atoms with E-state index in [0.717, 1.165) is 0 Å². The topological polar surface area (TPSA) is 15.8 Å². The summed E-state index contributed by atoms with van der Waals surface area (Å²) in [7, 11) is 0. The molecular weight excluding hydrogens is 259 g/mol. The van der Waals surface area contributed by atoms with Gasteiger partial charge in [-0.2, -0.15) is 0 Å². The fourth-order valence-electron chi connectivity index (χ4n) is 0.278. The second-order valence-electron chi connectivity index (χ2n) is 0.885. The maximum atomic E-state index is 2.86. The Balaban J connectivity index is 0.000000250. The molecule has 0 aromatic carbocycles. The normalized spacial score (nSPS) is 6.67. The monoisotopic (exact) mass is 264 g/mol. The number of nitrogens with one attached hydrogen (secondary N) is 1. The first-order valence-corrected chi connectivity index (χ1v) is 1.58. The van der Waals surface area contributed by atoms with Crippen LogP contribution in [-0.2, 0) is 22.4 Å². The van der Waals surface area contributed by atoms with Crippen LogP contribution in [-0.4, -0.2) is 4.98 Å². The number of aromatic nitrogens is 1. The van der Waals surface area contributed by atoms with E-state index in [1.54, 1.807) is 0 Å². The van der Waals surface area contributed by atoms with Crippen LogP contribution >= 0.6 is 0 Å². The molecule has 1 nitrogen and oxygen atoms in total. The summed E-state index contributed by atoms with van der Waals surface area (Å²) in [6.45, 7) is 0. The van der Waals surface area contributed by atoms with Gasteiger partial charge in [-0.15, -0.1) is 0 Å². The number of H-pyrrole nitrogens is 1. The Bertz CT molecular complexity index is 64.0. The zero-order valence-electron chi connectivity index (χ0n) is 3.11. The molecule has 0 aliphatic heterocycles. The number of rotatable bonds is 0. The number of hydrogen-bond acceptors (Lipinski definition) is 0. The molecule has 2 heteroatoms. The van der Waals surface area contributed by atoms with Crippen LogP contribution in [0.5, 0.6) is 0 Å². The van der Waals surface area contributed by atoms with Crippen molar-refractivity contribution in [3.05, 3.63) is 24.5 Å². The van der Waals surface area contributed by atoms with E-state index in [4.69, 9.17) is 0 Å². The van der Waals surface area contributed by atoms with Crippen LogP contribution in [0, 0.1) is 0 Å². The zero-order chi connectivity index (χ0) is 3.54. The average Bonchev–Trinajstić information content (AvgIpc) is 1.76. The molecule has 1 heterocycles. The summed E-state index contributed by atoms with van der Waals surface area (Å²) in [4.78, 5) is 2.86. The predicted octanol–water partition coefficient (Wildman–Crippen LogP) is 1.01. The molecule has 1 rings (SSSR count). The Kier molecular flexibility index (Phi) is 3.23. The fraction of sp³-hybridized carbons (Fsp3) is 0. The van der Waals surface area contributed by atoms with E-state index in [0.29, 0.717) is 0 Å². The van der Waals surface area contributed by atoms with Gasteiger partial charge in [-0.3, -0.25) is 0 Å². The molecule has 6 heavy (non-hydrogen) atoms. The Morgan fingerprint density at radius 1 is 1.00 bits per heavy atom. The maximum absolute atomic E-state index is 2.86. The van der Waals surface area contributed by atoms with Crippen molar-refractivity contribution in [2.24, 2.45) is 0 Å². The van der Waals surface area contributed by atoms with Crippen molar-refractivity contribution in [2.75, 3.05) is 0 Å². The van der Waals surface area contributed by atoms with Crippen LogP contribution in [0.1, 0.15) is 0 Å². The summed E-state index contributed by atoms with van der Waals surface area (Å²) in [6, 6.07) is 3.89. The van der Waals surface area contributed by atoms with E-state index in [-0.39, 0.29) is 22.4 Å². The van der Waals surface area contributed by atoms with Gasteiger partial charge in [0.1, 0.15) is 0 Å². The number of aromatic amines is 1. The molecule has 1 N–H and O–H groups in total. The molecule has 0 unspecified atom stereocenters. The van der Waals surface area contributed by atoms with Crippen LogP contribution in [0.4, 0.5) is 0 Å². The quantitative estimate of drug-likeness (QED) is 0.673. The first-order valence-electron chi connectivity index (χ1n) is 1.58. The van der Waals surface area contributed by atoms with Crippen molar-refractivity contribution in [1.82, 2.24) is 4.98 Å². The smallest absolute Gasteiger partial charge is 0.000496 e. The molecule has 1 radical (unpaired) electrons. The summed E-state index contributed by atoms with van der Waals surface area (Å²) < 4.78 is 0. The van der Waals surface area contributed by atoms with Gasteiger partial charge in [-0.05, 0) is 12.1 Å². The van der Waals surface area contributed by atoms with Gasteiger partial charge in [0.25, 0.3) is 0 Å². The van der Waals surface area contributed by atoms with E-state index >= 15 is 0 Å². The van der Waals surface area contributed by atoms with Gasteiger partial charge in [0.15, 0.2) is 0 Å². The summed E-state index contributed by atoms with van der Waals surface area (Å²) in [5.41, 5.74) is 0. The minimum absolute atomic E-state index is 0. The molecule has 1 aromatic rings. The molecule has 0 saturated heterocycles. The van der Waals surface area contributed by atoms with Crippen molar-refractivity contribution in [2.45, 2.75) is 0 Å². The summed E-state index contributed by atoms with van der Waals surface area (Å²) in [6.07, 6.45) is 3.75. The van der Waals surface area contributed by atoms with Crippen LogP contribution in [0.3, 0.4) is 0 Å². The van der Waals surface area contributed by atoms with Crippen molar-refractivity contribution < 1.29 is 22.4 Å². The van der Waals surface area contributed by atoms with Gasteiger partial charge in [-0.1, -0.05) is 0 Å². The van der Waals surface area contributed by atoms with E-state index in [9.17, 15) is 0 Å². The van der Waals surface area contributed by atoms with Crippen LogP contribution in [0.15, 0.2) is 24.5 Å². The second kappa shape index (κ2) is 3.22. The first-order chi connectivity index (χ1) is 2.50. The van der Waals surface area contributed by atoms with Crippen molar-refractivity contribution >= 4 is 0 Å². The Labute approximate surface area is 52.3 Å². The molecule has 0 spiro atoms. The number of hydrogen-bond donors (Lipinski definition) is 1. The third kappa shape index (κ3) is 1.46. The van der Waals surface area contributed by atoms with Gasteiger partial charge >= 0.3 is 0 Å². The zero-order valence-corrected chi connectivity index (χ0v) is 5.28. The van der Waals surface area contributed by atoms with E-state index in [2.05, 4.69) is 4.98 Å². The molecule has 0 aliphatic carbocycles. The Hall–Kier alpha value is 0.0203. The molecule has 1 aromatic heterocycles. The summed E-state index contributed by atoms with van der Waals surface area (Å²) in [5.74, 6) is 0. The predicted molar refractivity (Wildman–Crippen MR) is 20.8 cm³/mol. The average molecular weight is 264 g/mol. The Morgan fingerprint density at radius 2 is 1.50 bits per heavy atom. The second-order valence-corrected chi connectivity index (χ2v) is 0.885. The largest absolute Gasteiger partial charge is 0.368 e. The van der Waals surface area contributed by atoms with Gasteiger partial charge in [-0.25, -0.2) is 0 Å². The Morgan fingerprint density at radius 3 is 1.67 bits per heavy atom.